The smallest absolute Gasteiger partial charge is 0.173 e. The largest absolute Gasteiger partial charge is 0.275 e. The van der Waals surface area contributed by atoms with E-state index in [2.05, 4.69) is 27.2 Å². The summed E-state index contributed by atoms with van der Waals surface area (Å²) in [5.41, 5.74) is 2.66. The Hall–Kier alpha value is -1.95. The molecule has 0 unspecified atom stereocenters. The minimum Gasteiger partial charge on any atom is -0.275 e. The lowest BCUT2D eigenvalue weighted by molar-refractivity contribution is 0.746. The average Bonchev–Trinajstić information content (AvgIpc) is 2.91. The molecule has 3 aromatic heterocycles. The summed E-state index contributed by atoms with van der Waals surface area (Å²) in [7, 11) is 1.90. The first-order valence-electron chi connectivity index (χ1n) is 6.01. The molecule has 6 nitrogen and oxygen atoms in total. The fraction of sp³-hybridized carbons (Fsp3) is 0.333. The highest BCUT2D eigenvalue weighted by Crippen LogP contribution is 2.23. The van der Waals surface area contributed by atoms with Gasteiger partial charge < -0.3 is 0 Å². The first-order chi connectivity index (χ1) is 9.10. The van der Waals surface area contributed by atoms with Gasteiger partial charge in [0.25, 0.3) is 0 Å². The van der Waals surface area contributed by atoms with Crippen molar-refractivity contribution in [2.24, 2.45) is 7.05 Å². The van der Waals surface area contributed by atoms with Crippen LogP contribution in [-0.2, 0) is 13.5 Å². The third-order valence-corrected chi connectivity index (χ3v) is 3.20. The summed E-state index contributed by atoms with van der Waals surface area (Å²) in [6.45, 7) is 3.95. The molecule has 0 atom stereocenters. The molecule has 0 spiro atoms. The minimum absolute atomic E-state index is 0.422. The minimum atomic E-state index is 0.422. The van der Waals surface area contributed by atoms with Crippen LogP contribution in [0.5, 0.6) is 0 Å². The van der Waals surface area contributed by atoms with Gasteiger partial charge in [0.15, 0.2) is 11.5 Å². The van der Waals surface area contributed by atoms with Gasteiger partial charge in [-0.05, 0) is 13.3 Å². The van der Waals surface area contributed by atoms with Crippen LogP contribution in [0.25, 0.3) is 17.0 Å². The molecule has 0 bridgehead atoms. The summed E-state index contributed by atoms with van der Waals surface area (Å²) in [5.74, 6) is 1.51. The van der Waals surface area contributed by atoms with Crippen molar-refractivity contribution in [1.82, 2.24) is 29.4 Å². The van der Waals surface area contributed by atoms with Gasteiger partial charge in [0.1, 0.15) is 11.0 Å². The van der Waals surface area contributed by atoms with Crippen LogP contribution in [0.2, 0.25) is 5.15 Å². The lowest BCUT2D eigenvalue weighted by Crippen LogP contribution is -1.98. The van der Waals surface area contributed by atoms with Gasteiger partial charge >= 0.3 is 0 Å². The number of hydrogen-bond donors (Lipinski definition) is 0. The zero-order chi connectivity index (χ0) is 13.6. The molecule has 0 aromatic carbocycles. The summed E-state index contributed by atoms with van der Waals surface area (Å²) in [6, 6.07) is 1.70. The maximum absolute atomic E-state index is 5.93. The highest BCUT2D eigenvalue weighted by atomic mass is 35.5. The third kappa shape index (κ3) is 1.88. The highest BCUT2D eigenvalue weighted by molar-refractivity contribution is 6.29. The number of aryl methyl sites for hydroxylation is 3. The molecule has 7 heteroatoms. The Morgan fingerprint density at radius 1 is 1.32 bits per heavy atom. The molecule has 3 rings (SSSR count). The van der Waals surface area contributed by atoms with Crippen LogP contribution in [0.3, 0.4) is 0 Å². The number of rotatable bonds is 2. The Balaban J connectivity index is 2.31. The monoisotopic (exact) mass is 276 g/mol. The molecule has 0 aliphatic rings. The Labute approximate surface area is 115 Å². The molecule has 3 heterocycles. The summed E-state index contributed by atoms with van der Waals surface area (Å²) in [5, 5.41) is 13.3. The second kappa shape index (κ2) is 4.31. The molecule has 0 amide bonds. The van der Waals surface area contributed by atoms with Gasteiger partial charge in [0.2, 0.25) is 0 Å². The molecule has 98 valence electrons. The lowest BCUT2D eigenvalue weighted by atomic mass is 10.2. The Morgan fingerprint density at radius 3 is 2.84 bits per heavy atom. The molecule has 3 aromatic rings. The van der Waals surface area contributed by atoms with Crippen LogP contribution in [0.4, 0.5) is 0 Å². The van der Waals surface area contributed by atoms with E-state index in [4.69, 9.17) is 11.6 Å². The molecule has 0 aliphatic carbocycles. The standard InChI is InChI=1S/C12H13ClN6/c1-4-9-8(6-18(3)17-9)12-16-15-11-5-10(13)14-7(2)19(11)12/h5-6H,4H2,1-3H3. The predicted molar refractivity (Wildman–Crippen MR) is 72.1 cm³/mol. The van der Waals surface area contributed by atoms with Gasteiger partial charge in [0, 0.05) is 19.3 Å². The Morgan fingerprint density at radius 2 is 2.11 bits per heavy atom. The van der Waals surface area contributed by atoms with Crippen molar-refractivity contribution in [3.05, 3.63) is 28.9 Å². The molecule has 0 saturated heterocycles. The topological polar surface area (TPSA) is 60.9 Å². The van der Waals surface area contributed by atoms with E-state index in [9.17, 15) is 0 Å². The Bertz CT molecular complexity index is 757. The molecular weight excluding hydrogens is 264 g/mol. The normalized spacial score (nSPS) is 11.4. The van der Waals surface area contributed by atoms with Gasteiger partial charge in [0.05, 0.1) is 11.3 Å². The van der Waals surface area contributed by atoms with Crippen LogP contribution in [0.15, 0.2) is 12.3 Å². The molecule has 0 saturated carbocycles. The molecule has 19 heavy (non-hydrogen) atoms. The second-order valence-corrected chi connectivity index (χ2v) is 4.75. The van der Waals surface area contributed by atoms with Crippen molar-refractivity contribution < 1.29 is 0 Å². The van der Waals surface area contributed by atoms with E-state index in [0.717, 1.165) is 29.3 Å². The van der Waals surface area contributed by atoms with Crippen molar-refractivity contribution >= 4 is 17.2 Å². The van der Waals surface area contributed by atoms with Crippen LogP contribution < -0.4 is 0 Å². The van der Waals surface area contributed by atoms with E-state index in [1.54, 1.807) is 10.7 Å². The van der Waals surface area contributed by atoms with Gasteiger partial charge in [-0.25, -0.2) is 4.98 Å². The van der Waals surface area contributed by atoms with E-state index in [-0.39, 0.29) is 0 Å². The maximum Gasteiger partial charge on any atom is 0.173 e. The first kappa shape index (κ1) is 12.1. The fourth-order valence-corrected chi connectivity index (χ4v) is 2.43. The van der Waals surface area contributed by atoms with Gasteiger partial charge in [-0.3, -0.25) is 9.08 Å². The number of hydrogen-bond acceptors (Lipinski definition) is 4. The van der Waals surface area contributed by atoms with Crippen LogP contribution in [0.1, 0.15) is 18.4 Å². The maximum atomic E-state index is 5.93. The van der Waals surface area contributed by atoms with Crippen LogP contribution in [-0.4, -0.2) is 29.4 Å². The van der Waals surface area contributed by atoms with Crippen molar-refractivity contribution in [1.29, 1.82) is 0 Å². The van der Waals surface area contributed by atoms with E-state index in [1.807, 2.05) is 24.6 Å². The Kier molecular flexibility index (Phi) is 2.74. The van der Waals surface area contributed by atoms with Crippen molar-refractivity contribution in [2.45, 2.75) is 20.3 Å². The van der Waals surface area contributed by atoms with E-state index in [0.29, 0.717) is 10.8 Å². The van der Waals surface area contributed by atoms with Crippen molar-refractivity contribution in [3.63, 3.8) is 0 Å². The number of aromatic nitrogens is 6. The summed E-state index contributed by atoms with van der Waals surface area (Å²) >= 11 is 5.93. The number of fused-ring (bicyclic) bond motifs is 1. The summed E-state index contributed by atoms with van der Waals surface area (Å²) < 4.78 is 3.68. The molecule has 0 N–H and O–H groups in total. The fourth-order valence-electron chi connectivity index (χ4n) is 2.21. The van der Waals surface area contributed by atoms with Crippen molar-refractivity contribution in [3.8, 4) is 11.4 Å². The quantitative estimate of drug-likeness (QED) is 0.672. The summed E-state index contributed by atoms with van der Waals surface area (Å²) in [6.07, 6.45) is 2.79. The first-order valence-corrected chi connectivity index (χ1v) is 6.39. The zero-order valence-electron chi connectivity index (χ0n) is 10.9. The third-order valence-electron chi connectivity index (χ3n) is 3.01. The van der Waals surface area contributed by atoms with Gasteiger partial charge in [-0.1, -0.05) is 18.5 Å². The van der Waals surface area contributed by atoms with Crippen molar-refractivity contribution in [2.75, 3.05) is 0 Å². The van der Waals surface area contributed by atoms with Gasteiger partial charge in [-0.2, -0.15) is 5.10 Å². The average molecular weight is 277 g/mol. The number of halogens is 1. The zero-order valence-corrected chi connectivity index (χ0v) is 11.7. The molecule has 0 radical (unpaired) electrons. The highest BCUT2D eigenvalue weighted by Gasteiger charge is 2.16. The van der Waals surface area contributed by atoms with Crippen LogP contribution in [0, 0.1) is 6.92 Å². The molecular formula is C12H13ClN6. The summed E-state index contributed by atoms with van der Waals surface area (Å²) in [4.78, 5) is 4.24. The number of nitrogens with zero attached hydrogens (tertiary/aromatic N) is 6. The lowest BCUT2D eigenvalue weighted by Gasteiger charge is -2.03. The SMILES string of the molecule is CCc1nn(C)cc1-c1nnc2cc(Cl)nc(C)n12. The predicted octanol–water partition coefficient (Wildman–Crippen LogP) is 2.05. The van der Waals surface area contributed by atoms with E-state index in [1.165, 1.54) is 0 Å². The van der Waals surface area contributed by atoms with Crippen LogP contribution >= 0.6 is 11.6 Å². The van der Waals surface area contributed by atoms with Gasteiger partial charge in [-0.15, -0.1) is 10.2 Å². The second-order valence-electron chi connectivity index (χ2n) is 4.36. The molecule has 0 fully saturated rings. The van der Waals surface area contributed by atoms with E-state index < -0.39 is 0 Å². The van der Waals surface area contributed by atoms with E-state index >= 15 is 0 Å². The molecule has 0 aliphatic heterocycles.